The van der Waals surface area contributed by atoms with Crippen molar-refractivity contribution < 1.29 is 5.11 Å². The lowest BCUT2D eigenvalue weighted by molar-refractivity contribution is 0.183. The normalized spacial score (nSPS) is 13.2. The van der Waals surface area contributed by atoms with Crippen LogP contribution < -0.4 is 5.32 Å². The van der Waals surface area contributed by atoms with Crippen molar-refractivity contribution in [1.82, 2.24) is 5.32 Å². The van der Waals surface area contributed by atoms with E-state index < -0.39 is 0 Å². The van der Waals surface area contributed by atoms with Crippen LogP contribution in [0.15, 0.2) is 17.5 Å². The Morgan fingerprint density at radius 3 is 3.08 bits per heavy atom. The van der Waals surface area contributed by atoms with Gasteiger partial charge in [-0.1, -0.05) is 6.07 Å². The van der Waals surface area contributed by atoms with Crippen LogP contribution >= 0.6 is 11.3 Å². The molecule has 0 aliphatic heterocycles. The van der Waals surface area contributed by atoms with E-state index in [1.807, 2.05) is 6.92 Å². The second-order valence-electron chi connectivity index (χ2n) is 2.89. The van der Waals surface area contributed by atoms with Gasteiger partial charge in [0, 0.05) is 11.4 Å². The zero-order chi connectivity index (χ0) is 8.81. The van der Waals surface area contributed by atoms with Crippen molar-refractivity contribution in [2.24, 2.45) is 0 Å². The second-order valence-corrected chi connectivity index (χ2v) is 3.93. The van der Waals surface area contributed by atoms with Crippen LogP contribution in [0.5, 0.6) is 0 Å². The summed E-state index contributed by atoms with van der Waals surface area (Å²) in [7, 11) is 0. The average molecular weight is 185 g/mol. The minimum absolute atomic E-state index is 0.194. The van der Waals surface area contributed by atoms with Gasteiger partial charge in [-0.3, -0.25) is 0 Å². The van der Waals surface area contributed by atoms with Gasteiger partial charge in [0.1, 0.15) is 0 Å². The number of aliphatic hydroxyl groups excluding tert-OH is 1. The molecule has 1 aromatic rings. The number of aliphatic hydroxyl groups is 1. The summed E-state index contributed by atoms with van der Waals surface area (Å²) in [4.78, 5) is 1.35. The summed E-state index contributed by atoms with van der Waals surface area (Å²) in [6.07, 6.45) is 0.631. The van der Waals surface area contributed by atoms with Crippen molar-refractivity contribution in [2.45, 2.75) is 26.0 Å². The molecular formula is C9H15NOS. The first kappa shape index (κ1) is 9.71. The van der Waals surface area contributed by atoms with E-state index in [2.05, 4.69) is 22.8 Å². The molecule has 1 aromatic heterocycles. The quantitative estimate of drug-likeness (QED) is 0.683. The highest BCUT2D eigenvalue weighted by Gasteiger charge is 1.95. The van der Waals surface area contributed by atoms with Crippen molar-refractivity contribution in [3.8, 4) is 0 Å². The molecule has 0 aromatic carbocycles. The SMILES string of the molecule is C[C@H](O)CCNCc1cccs1. The summed E-state index contributed by atoms with van der Waals surface area (Å²) in [5.74, 6) is 0. The number of hydrogen-bond acceptors (Lipinski definition) is 3. The predicted octanol–water partition coefficient (Wildman–Crippen LogP) is 1.61. The van der Waals surface area contributed by atoms with Gasteiger partial charge in [0.2, 0.25) is 0 Å². The summed E-state index contributed by atoms with van der Waals surface area (Å²) in [5, 5.41) is 14.3. The van der Waals surface area contributed by atoms with Crippen LogP contribution in [0.2, 0.25) is 0 Å². The van der Waals surface area contributed by atoms with E-state index >= 15 is 0 Å². The molecule has 0 radical (unpaired) electrons. The van der Waals surface area contributed by atoms with E-state index in [0.717, 1.165) is 19.5 Å². The Kier molecular flexibility index (Phi) is 4.29. The first-order valence-corrected chi connectivity index (χ1v) is 5.08. The average Bonchev–Trinajstić information content (AvgIpc) is 2.49. The molecule has 0 aliphatic carbocycles. The Morgan fingerprint density at radius 1 is 1.67 bits per heavy atom. The van der Waals surface area contributed by atoms with E-state index in [9.17, 15) is 0 Å². The lowest BCUT2D eigenvalue weighted by Gasteiger charge is -2.04. The largest absolute Gasteiger partial charge is 0.393 e. The van der Waals surface area contributed by atoms with Gasteiger partial charge in [-0.05, 0) is 31.3 Å². The van der Waals surface area contributed by atoms with Crippen molar-refractivity contribution in [3.05, 3.63) is 22.4 Å². The highest BCUT2D eigenvalue weighted by molar-refractivity contribution is 7.09. The molecule has 68 valence electrons. The molecule has 0 unspecified atom stereocenters. The fourth-order valence-corrected chi connectivity index (χ4v) is 1.61. The Hall–Kier alpha value is -0.380. The number of hydrogen-bond donors (Lipinski definition) is 2. The van der Waals surface area contributed by atoms with Crippen molar-refractivity contribution in [1.29, 1.82) is 0 Å². The highest BCUT2D eigenvalue weighted by atomic mass is 32.1. The van der Waals surface area contributed by atoms with E-state index in [-0.39, 0.29) is 6.10 Å². The van der Waals surface area contributed by atoms with Crippen LogP contribution in [0.25, 0.3) is 0 Å². The van der Waals surface area contributed by atoms with Crippen LogP contribution in [-0.2, 0) is 6.54 Å². The van der Waals surface area contributed by atoms with Crippen molar-refractivity contribution in [3.63, 3.8) is 0 Å². The molecule has 3 heteroatoms. The van der Waals surface area contributed by atoms with Gasteiger partial charge in [-0.15, -0.1) is 11.3 Å². The third kappa shape index (κ3) is 3.85. The zero-order valence-electron chi connectivity index (χ0n) is 7.29. The maximum absolute atomic E-state index is 8.97. The summed E-state index contributed by atoms with van der Waals surface area (Å²) in [6, 6.07) is 4.16. The summed E-state index contributed by atoms with van der Waals surface area (Å²) in [5.41, 5.74) is 0. The van der Waals surface area contributed by atoms with E-state index in [1.54, 1.807) is 11.3 Å². The van der Waals surface area contributed by atoms with Gasteiger partial charge in [-0.25, -0.2) is 0 Å². The molecule has 0 aliphatic rings. The van der Waals surface area contributed by atoms with E-state index in [1.165, 1.54) is 4.88 Å². The Bertz CT molecular complexity index is 196. The Labute approximate surface area is 77.2 Å². The Morgan fingerprint density at radius 2 is 2.50 bits per heavy atom. The second kappa shape index (κ2) is 5.30. The minimum atomic E-state index is -0.194. The third-order valence-electron chi connectivity index (χ3n) is 1.62. The molecule has 1 atom stereocenters. The van der Waals surface area contributed by atoms with Crippen molar-refractivity contribution >= 4 is 11.3 Å². The maximum atomic E-state index is 8.97. The van der Waals surface area contributed by atoms with E-state index in [0.29, 0.717) is 0 Å². The molecule has 0 fully saturated rings. The maximum Gasteiger partial charge on any atom is 0.0524 e. The Balaban J connectivity index is 2.04. The number of nitrogens with one attached hydrogen (secondary N) is 1. The molecule has 1 rings (SSSR count). The lowest BCUT2D eigenvalue weighted by Crippen LogP contribution is -2.17. The minimum Gasteiger partial charge on any atom is -0.393 e. The van der Waals surface area contributed by atoms with Crippen LogP contribution in [0, 0.1) is 0 Å². The fraction of sp³-hybridized carbons (Fsp3) is 0.556. The molecule has 2 nitrogen and oxygen atoms in total. The number of rotatable bonds is 5. The molecule has 0 spiro atoms. The van der Waals surface area contributed by atoms with Gasteiger partial charge in [0.25, 0.3) is 0 Å². The molecule has 0 saturated heterocycles. The molecule has 0 saturated carbocycles. The predicted molar refractivity (Wildman–Crippen MR) is 52.3 cm³/mol. The van der Waals surface area contributed by atoms with Crippen molar-refractivity contribution in [2.75, 3.05) is 6.54 Å². The van der Waals surface area contributed by atoms with Gasteiger partial charge in [0.15, 0.2) is 0 Å². The first-order chi connectivity index (χ1) is 5.79. The summed E-state index contributed by atoms with van der Waals surface area (Å²) in [6.45, 7) is 3.62. The van der Waals surface area contributed by atoms with Gasteiger partial charge < -0.3 is 10.4 Å². The van der Waals surface area contributed by atoms with Gasteiger partial charge in [0.05, 0.1) is 6.10 Å². The standard InChI is InChI=1S/C9H15NOS/c1-8(11)4-5-10-7-9-3-2-6-12-9/h2-3,6,8,10-11H,4-5,7H2,1H3/t8-/m0/s1. The van der Waals surface area contributed by atoms with Crippen LogP contribution in [0.4, 0.5) is 0 Å². The molecule has 12 heavy (non-hydrogen) atoms. The topological polar surface area (TPSA) is 32.3 Å². The lowest BCUT2D eigenvalue weighted by atomic mass is 10.3. The smallest absolute Gasteiger partial charge is 0.0524 e. The molecule has 1 heterocycles. The van der Waals surface area contributed by atoms with E-state index in [4.69, 9.17) is 5.11 Å². The summed E-state index contributed by atoms with van der Waals surface area (Å²) < 4.78 is 0. The zero-order valence-corrected chi connectivity index (χ0v) is 8.10. The summed E-state index contributed by atoms with van der Waals surface area (Å²) >= 11 is 1.76. The van der Waals surface area contributed by atoms with Crippen LogP contribution in [-0.4, -0.2) is 17.8 Å². The fourth-order valence-electron chi connectivity index (χ4n) is 0.936. The van der Waals surface area contributed by atoms with Gasteiger partial charge in [-0.2, -0.15) is 0 Å². The molecule has 0 bridgehead atoms. The van der Waals surface area contributed by atoms with Gasteiger partial charge >= 0.3 is 0 Å². The van der Waals surface area contributed by atoms with Crippen LogP contribution in [0.3, 0.4) is 0 Å². The molecular weight excluding hydrogens is 170 g/mol. The van der Waals surface area contributed by atoms with Crippen LogP contribution in [0.1, 0.15) is 18.2 Å². The molecule has 0 amide bonds. The highest BCUT2D eigenvalue weighted by Crippen LogP contribution is 2.07. The number of thiophene rings is 1. The third-order valence-corrected chi connectivity index (χ3v) is 2.49. The monoisotopic (exact) mass is 185 g/mol. The molecule has 2 N–H and O–H groups in total. The first-order valence-electron chi connectivity index (χ1n) is 4.20.